The van der Waals surface area contributed by atoms with Crippen molar-refractivity contribution in [2.24, 2.45) is 5.73 Å². The first-order valence-corrected chi connectivity index (χ1v) is 6.13. The average molecular weight is 285 g/mol. The molecule has 0 fully saturated rings. The molecule has 0 aliphatic carbocycles. The fourth-order valence-electron chi connectivity index (χ4n) is 1.66. The molecule has 0 spiro atoms. The molecule has 20 heavy (non-hydrogen) atoms. The Morgan fingerprint density at radius 1 is 1.25 bits per heavy atom. The molecule has 0 saturated carbocycles. The maximum Gasteiger partial charge on any atom is 0.239 e. The van der Waals surface area contributed by atoms with Crippen LogP contribution in [0.25, 0.3) is 0 Å². The quantitative estimate of drug-likeness (QED) is 0.692. The SMILES string of the molecule is CC(Cc1c(F)cccc1F)NC(=O)CNC(=O)CN. The lowest BCUT2D eigenvalue weighted by Crippen LogP contribution is -2.43. The van der Waals surface area contributed by atoms with Crippen molar-refractivity contribution in [3.63, 3.8) is 0 Å². The number of halogens is 2. The monoisotopic (exact) mass is 285 g/mol. The van der Waals surface area contributed by atoms with Crippen molar-refractivity contribution in [3.8, 4) is 0 Å². The number of rotatable bonds is 6. The molecule has 0 aliphatic rings. The number of amides is 2. The second-order valence-electron chi connectivity index (χ2n) is 4.35. The van der Waals surface area contributed by atoms with Gasteiger partial charge in [0.25, 0.3) is 0 Å². The van der Waals surface area contributed by atoms with Gasteiger partial charge in [-0.15, -0.1) is 0 Å². The van der Waals surface area contributed by atoms with Gasteiger partial charge in [-0.3, -0.25) is 9.59 Å². The van der Waals surface area contributed by atoms with Crippen LogP contribution in [0.4, 0.5) is 8.78 Å². The van der Waals surface area contributed by atoms with Crippen LogP contribution in [0.15, 0.2) is 18.2 Å². The number of hydrogen-bond acceptors (Lipinski definition) is 3. The third-order valence-electron chi connectivity index (χ3n) is 2.61. The molecule has 0 bridgehead atoms. The summed E-state index contributed by atoms with van der Waals surface area (Å²) in [7, 11) is 0. The lowest BCUT2D eigenvalue weighted by molar-refractivity contribution is -0.125. The normalized spacial score (nSPS) is 11.8. The van der Waals surface area contributed by atoms with Gasteiger partial charge in [0.2, 0.25) is 11.8 Å². The molecular formula is C13H17F2N3O2. The molecule has 2 amide bonds. The van der Waals surface area contributed by atoms with Crippen LogP contribution in [-0.4, -0.2) is 30.9 Å². The Bertz CT molecular complexity index is 474. The standard InChI is InChI=1S/C13H17F2N3O2/c1-8(18-13(20)7-17-12(19)6-16)5-9-10(14)3-2-4-11(9)15/h2-4,8H,5-7,16H2,1H3,(H,17,19)(H,18,20). The van der Waals surface area contributed by atoms with E-state index in [0.717, 1.165) is 12.1 Å². The molecule has 1 aromatic carbocycles. The molecule has 4 N–H and O–H groups in total. The van der Waals surface area contributed by atoms with Crippen molar-refractivity contribution in [3.05, 3.63) is 35.4 Å². The lowest BCUT2D eigenvalue weighted by Gasteiger charge is -2.15. The van der Waals surface area contributed by atoms with E-state index in [9.17, 15) is 18.4 Å². The smallest absolute Gasteiger partial charge is 0.239 e. The lowest BCUT2D eigenvalue weighted by atomic mass is 10.1. The second-order valence-corrected chi connectivity index (χ2v) is 4.35. The molecule has 1 aromatic rings. The first kappa shape index (κ1) is 16.0. The molecule has 1 rings (SSSR count). The molecule has 0 saturated heterocycles. The molecule has 1 atom stereocenters. The Morgan fingerprint density at radius 3 is 2.40 bits per heavy atom. The summed E-state index contributed by atoms with van der Waals surface area (Å²) in [6.45, 7) is 1.19. The van der Waals surface area contributed by atoms with Gasteiger partial charge in [0.15, 0.2) is 0 Å². The van der Waals surface area contributed by atoms with Crippen LogP contribution in [0.1, 0.15) is 12.5 Å². The molecule has 0 aromatic heterocycles. The highest BCUT2D eigenvalue weighted by molar-refractivity contribution is 5.85. The zero-order chi connectivity index (χ0) is 15.1. The van der Waals surface area contributed by atoms with Crippen LogP contribution in [-0.2, 0) is 16.0 Å². The van der Waals surface area contributed by atoms with Crippen molar-refractivity contribution in [1.29, 1.82) is 0 Å². The molecule has 0 radical (unpaired) electrons. The van der Waals surface area contributed by atoms with Gasteiger partial charge in [-0.2, -0.15) is 0 Å². The largest absolute Gasteiger partial charge is 0.352 e. The number of benzene rings is 1. The summed E-state index contributed by atoms with van der Waals surface area (Å²) in [5.41, 5.74) is 4.99. The van der Waals surface area contributed by atoms with Crippen molar-refractivity contribution >= 4 is 11.8 Å². The van der Waals surface area contributed by atoms with Gasteiger partial charge < -0.3 is 16.4 Å². The van der Waals surface area contributed by atoms with Gasteiger partial charge in [0.1, 0.15) is 11.6 Å². The van der Waals surface area contributed by atoms with E-state index in [1.165, 1.54) is 6.07 Å². The summed E-state index contributed by atoms with van der Waals surface area (Å²) >= 11 is 0. The fraction of sp³-hybridized carbons (Fsp3) is 0.385. The second kappa shape index (κ2) is 7.54. The highest BCUT2D eigenvalue weighted by Gasteiger charge is 2.14. The first-order valence-electron chi connectivity index (χ1n) is 6.13. The molecule has 7 heteroatoms. The van der Waals surface area contributed by atoms with Crippen molar-refractivity contribution in [2.75, 3.05) is 13.1 Å². The molecule has 1 unspecified atom stereocenters. The van der Waals surface area contributed by atoms with Gasteiger partial charge in [0.05, 0.1) is 13.1 Å². The Kier molecular flexibility index (Phi) is 6.05. The van der Waals surface area contributed by atoms with E-state index in [-0.39, 0.29) is 25.1 Å². The van der Waals surface area contributed by atoms with E-state index >= 15 is 0 Å². The van der Waals surface area contributed by atoms with Crippen molar-refractivity contribution in [2.45, 2.75) is 19.4 Å². The Hall–Kier alpha value is -2.02. The minimum Gasteiger partial charge on any atom is -0.352 e. The maximum absolute atomic E-state index is 13.4. The number of nitrogens with two attached hydrogens (primary N) is 1. The third kappa shape index (κ3) is 4.93. The number of nitrogens with one attached hydrogen (secondary N) is 2. The first-order chi connectivity index (χ1) is 9.43. The molecule has 5 nitrogen and oxygen atoms in total. The van der Waals surface area contributed by atoms with Crippen LogP contribution in [0.2, 0.25) is 0 Å². The summed E-state index contributed by atoms with van der Waals surface area (Å²) in [6, 6.07) is 3.13. The van der Waals surface area contributed by atoms with Crippen molar-refractivity contribution in [1.82, 2.24) is 10.6 Å². The molecule has 110 valence electrons. The highest BCUT2D eigenvalue weighted by Crippen LogP contribution is 2.13. The predicted molar refractivity (Wildman–Crippen MR) is 69.7 cm³/mol. The summed E-state index contributed by atoms with van der Waals surface area (Å²) in [5, 5.41) is 4.83. The van der Waals surface area contributed by atoms with E-state index in [1.54, 1.807) is 6.92 Å². The van der Waals surface area contributed by atoms with Gasteiger partial charge >= 0.3 is 0 Å². The van der Waals surface area contributed by atoms with Gasteiger partial charge in [-0.1, -0.05) is 6.07 Å². The van der Waals surface area contributed by atoms with E-state index in [0.29, 0.717) is 0 Å². The average Bonchev–Trinajstić information content (AvgIpc) is 2.40. The Morgan fingerprint density at radius 2 is 1.85 bits per heavy atom. The predicted octanol–water partition coefficient (Wildman–Crippen LogP) is 0.0869. The molecular weight excluding hydrogens is 268 g/mol. The van der Waals surface area contributed by atoms with E-state index in [1.807, 2.05) is 0 Å². The number of hydrogen-bond donors (Lipinski definition) is 3. The van der Waals surface area contributed by atoms with Gasteiger partial charge in [-0.25, -0.2) is 8.78 Å². The minimum atomic E-state index is -0.650. The van der Waals surface area contributed by atoms with Crippen LogP contribution in [0.5, 0.6) is 0 Å². The topological polar surface area (TPSA) is 84.2 Å². The molecule has 0 heterocycles. The van der Waals surface area contributed by atoms with E-state index in [4.69, 9.17) is 5.73 Å². The van der Waals surface area contributed by atoms with Crippen molar-refractivity contribution < 1.29 is 18.4 Å². The Balaban J connectivity index is 2.49. The van der Waals surface area contributed by atoms with Crippen LogP contribution in [0, 0.1) is 11.6 Å². The van der Waals surface area contributed by atoms with E-state index < -0.39 is 29.5 Å². The third-order valence-corrected chi connectivity index (χ3v) is 2.61. The molecule has 0 aliphatic heterocycles. The van der Waals surface area contributed by atoms with Crippen LogP contribution in [0.3, 0.4) is 0 Å². The van der Waals surface area contributed by atoms with Crippen LogP contribution < -0.4 is 16.4 Å². The van der Waals surface area contributed by atoms with Crippen LogP contribution >= 0.6 is 0 Å². The summed E-state index contributed by atoms with van der Waals surface area (Å²) in [5.74, 6) is -2.20. The minimum absolute atomic E-state index is 0.0229. The number of carbonyl (C=O) groups excluding carboxylic acids is 2. The van der Waals surface area contributed by atoms with Gasteiger partial charge in [0, 0.05) is 11.6 Å². The maximum atomic E-state index is 13.4. The summed E-state index contributed by atoms with van der Waals surface area (Å²) in [4.78, 5) is 22.3. The Labute approximate surface area is 115 Å². The zero-order valence-electron chi connectivity index (χ0n) is 11.1. The van der Waals surface area contributed by atoms with Gasteiger partial charge in [-0.05, 0) is 25.5 Å². The summed E-state index contributed by atoms with van der Waals surface area (Å²) < 4.78 is 26.8. The fourth-order valence-corrected chi connectivity index (χ4v) is 1.66. The van der Waals surface area contributed by atoms with E-state index in [2.05, 4.69) is 10.6 Å². The number of carbonyl (C=O) groups is 2. The zero-order valence-corrected chi connectivity index (χ0v) is 11.1. The highest BCUT2D eigenvalue weighted by atomic mass is 19.1. The summed E-state index contributed by atoms with van der Waals surface area (Å²) in [6.07, 6.45) is 0.0229.